The lowest BCUT2D eigenvalue weighted by atomic mass is 10.2. The Labute approximate surface area is 114 Å². The van der Waals surface area contributed by atoms with Crippen molar-refractivity contribution in [2.45, 2.75) is 19.4 Å². The summed E-state index contributed by atoms with van der Waals surface area (Å²) in [7, 11) is 0. The number of carbonyl (C=O) groups excluding carboxylic acids is 1. The first-order chi connectivity index (χ1) is 9.26. The second kappa shape index (κ2) is 6.73. The molecule has 6 heteroatoms. The van der Waals surface area contributed by atoms with E-state index < -0.39 is 0 Å². The molecule has 2 rings (SSSR count). The zero-order valence-corrected chi connectivity index (χ0v) is 11.5. The summed E-state index contributed by atoms with van der Waals surface area (Å²) in [6, 6.07) is 2.43. The van der Waals surface area contributed by atoms with Crippen molar-refractivity contribution in [3.05, 3.63) is 0 Å². The number of nitrogens with zero attached hydrogens (tertiary/aromatic N) is 4. The van der Waals surface area contributed by atoms with Gasteiger partial charge >= 0.3 is 6.03 Å². The number of amides is 2. The summed E-state index contributed by atoms with van der Waals surface area (Å²) in [5.41, 5.74) is 0. The third-order valence-corrected chi connectivity index (χ3v) is 3.84. The minimum Gasteiger partial charge on any atom is -0.378 e. The standard InChI is InChI=1S/C13H22N4O2/c1-2-12(11-14)15-3-5-16(6-4-15)13(18)17-7-9-19-10-8-17/h12H,2-10H2,1H3. The molecule has 1 atom stereocenters. The number of hydrogen-bond acceptors (Lipinski definition) is 4. The van der Waals surface area contributed by atoms with Crippen molar-refractivity contribution in [3.63, 3.8) is 0 Å². The lowest BCUT2D eigenvalue weighted by molar-refractivity contribution is 0.0362. The van der Waals surface area contributed by atoms with Crippen LogP contribution in [0.5, 0.6) is 0 Å². The van der Waals surface area contributed by atoms with E-state index in [1.807, 2.05) is 16.7 Å². The molecule has 0 bridgehead atoms. The predicted molar refractivity (Wildman–Crippen MR) is 70.6 cm³/mol. The Morgan fingerprint density at radius 3 is 2.26 bits per heavy atom. The van der Waals surface area contributed by atoms with Gasteiger partial charge in [-0.2, -0.15) is 5.26 Å². The number of piperazine rings is 1. The summed E-state index contributed by atoms with van der Waals surface area (Å²) in [6.07, 6.45) is 0.841. The average Bonchev–Trinajstić information content (AvgIpc) is 2.49. The Bertz CT molecular complexity index is 341. The molecule has 2 aliphatic rings. The normalized spacial score (nSPS) is 22.9. The van der Waals surface area contributed by atoms with Gasteiger partial charge in [-0.15, -0.1) is 0 Å². The Hall–Kier alpha value is -1.32. The Balaban J connectivity index is 1.82. The molecule has 0 aromatic rings. The largest absolute Gasteiger partial charge is 0.378 e. The van der Waals surface area contributed by atoms with E-state index in [1.54, 1.807) is 0 Å². The number of urea groups is 1. The molecule has 2 aliphatic heterocycles. The predicted octanol–water partition coefficient (Wildman–Crippen LogP) is 0.358. The molecule has 0 saturated carbocycles. The molecule has 1 unspecified atom stereocenters. The van der Waals surface area contributed by atoms with Crippen LogP contribution in [0.3, 0.4) is 0 Å². The zero-order chi connectivity index (χ0) is 13.7. The second-order valence-electron chi connectivity index (χ2n) is 4.96. The van der Waals surface area contributed by atoms with Crippen molar-refractivity contribution in [1.29, 1.82) is 5.26 Å². The lowest BCUT2D eigenvalue weighted by Gasteiger charge is -2.39. The highest BCUT2D eigenvalue weighted by Gasteiger charge is 2.28. The minimum absolute atomic E-state index is 0.0133. The van der Waals surface area contributed by atoms with Crippen LogP contribution in [-0.4, -0.2) is 79.3 Å². The third-order valence-electron chi connectivity index (χ3n) is 3.84. The molecule has 19 heavy (non-hydrogen) atoms. The number of nitriles is 1. The van der Waals surface area contributed by atoms with Gasteiger partial charge in [0.1, 0.15) is 0 Å². The Morgan fingerprint density at radius 1 is 1.16 bits per heavy atom. The molecule has 0 aromatic heterocycles. The highest BCUT2D eigenvalue weighted by molar-refractivity contribution is 5.74. The molecule has 2 saturated heterocycles. The van der Waals surface area contributed by atoms with Gasteiger partial charge in [-0.3, -0.25) is 4.90 Å². The molecule has 0 spiro atoms. The molecule has 2 amide bonds. The van der Waals surface area contributed by atoms with Crippen LogP contribution >= 0.6 is 0 Å². The quantitative estimate of drug-likeness (QED) is 0.724. The van der Waals surface area contributed by atoms with E-state index in [9.17, 15) is 4.79 Å². The van der Waals surface area contributed by atoms with Gasteiger partial charge in [-0.25, -0.2) is 4.79 Å². The molecular weight excluding hydrogens is 244 g/mol. The summed E-state index contributed by atoms with van der Waals surface area (Å²) in [6.45, 7) is 7.70. The molecular formula is C13H22N4O2. The SMILES string of the molecule is CCC(C#N)N1CCN(C(=O)N2CCOCC2)CC1. The van der Waals surface area contributed by atoms with Gasteiger partial charge in [0.25, 0.3) is 0 Å². The molecule has 0 radical (unpaired) electrons. The fourth-order valence-electron chi connectivity index (χ4n) is 2.61. The molecule has 0 aromatic carbocycles. The number of ether oxygens (including phenoxy) is 1. The van der Waals surface area contributed by atoms with Crippen molar-refractivity contribution in [3.8, 4) is 6.07 Å². The van der Waals surface area contributed by atoms with Crippen molar-refractivity contribution in [2.75, 3.05) is 52.5 Å². The van der Waals surface area contributed by atoms with Gasteiger partial charge in [0.15, 0.2) is 0 Å². The van der Waals surface area contributed by atoms with E-state index in [4.69, 9.17) is 10.00 Å². The highest BCUT2D eigenvalue weighted by atomic mass is 16.5. The van der Waals surface area contributed by atoms with Crippen molar-refractivity contribution in [1.82, 2.24) is 14.7 Å². The van der Waals surface area contributed by atoms with E-state index >= 15 is 0 Å². The van der Waals surface area contributed by atoms with Crippen LogP contribution in [0.25, 0.3) is 0 Å². The molecule has 6 nitrogen and oxygen atoms in total. The molecule has 2 fully saturated rings. The van der Waals surface area contributed by atoms with Gasteiger partial charge in [0.2, 0.25) is 0 Å². The Kier molecular flexibility index (Phi) is 5.00. The van der Waals surface area contributed by atoms with E-state index in [2.05, 4.69) is 11.0 Å². The number of morpholine rings is 1. The molecule has 2 heterocycles. The van der Waals surface area contributed by atoms with Gasteiger partial charge in [-0.1, -0.05) is 6.92 Å². The summed E-state index contributed by atoms with van der Waals surface area (Å²) in [5, 5.41) is 9.06. The smallest absolute Gasteiger partial charge is 0.320 e. The maximum Gasteiger partial charge on any atom is 0.320 e. The highest BCUT2D eigenvalue weighted by Crippen LogP contribution is 2.11. The summed E-state index contributed by atoms with van der Waals surface area (Å²) in [5.74, 6) is 0. The summed E-state index contributed by atoms with van der Waals surface area (Å²) >= 11 is 0. The fraction of sp³-hybridized carbons (Fsp3) is 0.846. The van der Waals surface area contributed by atoms with Crippen LogP contribution in [0.2, 0.25) is 0 Å². The average molecular weight is 266 g/mol. The van der Waals surface area contributed by atoms with Crippen molar-refractivity contribution in [2.24, 2.45) is 0 Å². The first-order valence-corrected chi connectivity index (χ1v) is 7.01. The van der Waals surface area contributed by atoms with E-state index in [1.165, 1.54) is 0 Å². The van der Waals surface area contributed by atoms with Crippen LogP contribution in [-0.2, 0) is 4.74 Å². The van der Waals surface area contributed by atoms with Crippen molar-refractivity contribution >= 4 is 6.03 Å². The number of hydrogen-bond donors (Lipinski definition) is 0. The van der Waals surface area contributed by atoms with E-state index in [-0.39, 0.29) is 12.1 Å². The molecule has 0 N–H and O–H groups in total. The van der Waals surface area contributed by atoms with Gasteiger partial charge in [0.05, 0.1) is 25.3 Å². The summed E-state index contributed by atoms with van der Waals surface area (Å²) in [4.78, 5) is 18.2. The van der Waals surface area contributed by atoms with E-state index in [0.29, 0.717) is 39.4 Å². The van der Waals surface area contributed by atoms with Crippen LogP contribution in [0.1, 0.15) is 13.3 Å². The maximum absolute atomic E-state index is 12.3. The summed E-state index contributed by atoms with van der Waals surface area (Å²) < 4.78 is 5.26. The van der Waals surface area contributed by atoms with Gasteiger partial charge in [0, 0.05) is 39.3 Å². The first-order valence-electron chi connectivity index (χ1n) is 7.01. The van der Waals surface area contributed by atoms with Crippen molar-refractivity contribution < 1.29 is 9.53 Å². The number of carbonyl (C=O) groups is 1. The Morgan fingerprint density at radius 2 is 1.74 bits per heavy atom. The lowest BCUT2D eigenvalue weighted by Crippen LogP contribution is -2.56. The van der Waals surface area contributed by atoms with Gasteiger partial charge in [-0.05, 0) is 6.42 Å². The minimum atomic E-state index is -0.0133. The topological polar surface area (TPSA) is 59.8 Å². The molecule has 106 valence electrons. The third kappa shape index (κ3) is 3.37. The number of rotatable bonds is 2. The van der Waals surface area contributed by atoms with Gasteiger partial charge < -0.3 is 14.5 Å². The van der Waals surface area contributed by atoms with E-state index in [0.717, 1.165) is 19.5 Å². The maximum atomic E-state index is 12.3. The van der Waals surface area contributed by atoms with Crippen LogP contribution in [0, 0.1) is 11.3 Å². The second-order valence-corrected chi connectivity index (χ2v) is 4.96. The monoisotopic (exact) mass is 266 g/mol. The van der Waals surface area contributed by atoms with Crippen LogP contribution in [0.4, 0.5) is 4.79 Å². The molecule has 0 aliphatic carbocycles. The fourth-order valence-corrected chi connectivity index (χ4v) is 2.61. The first kappa shape index (κ1) is 14.1. The zero-order valence-electron chi connectivity index (χ0n) is 11.5. The van der Waals surface area contributed by atoms with Crippen LogP contribution < -0.4 is 0 Å². The van der Waals surface area contributed by atoms with Crippen LogP contribution in [0.15, 0.2) is 0 Å².